The zero-order chi connectivity index (χ0) is 17.6. The number of sulfonamides is 1. The second kappa shape index (κ2) is 8.41. The Morgan fingerprint density at radius 2 is 1.67 bits per heavy atom. The second-order valence-corrected chi connectivity index (χ2v) is 8.03. The molecule has 1 saturated heterocycles. The summed E-state index contributed by atoms with van der Waals surface area (Å²) in [6, 6.07) is 6.63. The highest BCUT2D eigenvalue weighted by atomic mass is 32.2. The van der Waals surface area contributed by atoms with Crippen molar-refractivity contribution in [1.82, 2.24) is 14.7 Å². The highest BCUT2D eigenvalue weighted by molar-refractivity contribution is 7.89. The average Bonchev–Trinajstić information content (AvgIpc) is 2.82. The van der Waals surface area contributed by atoms with Crippen LogP contribution in [-0.2, 0) is 14.8 Å². The lowest BCUT2D eigenvalue weighted by molar-refractivity contribution is -0.119. The molecule has 0 radical (unpaired) electrons. The van der Waals surface area contributed by atoms with Crippen molar-refractivity contribution in [1.29, 1.82) is 0 Å². The van der Waals surface area contributed by atoms with Crippen molar-refractivity contribution in [2.45, 2.75) is 30.6 Å². The third-order valence-electron chi connectivity index (χ3n) is 3.84. The van der Waals surface area contributed by atoms with Crippen LogP contribution in [0.2, 0.25) is 0 Å². The summed E-state index contributed by atoms with van der Waals surface area (Å²) in [4.78, 5) is 11.9. The van der Waals surface area contributed by atoms with Gasteiger partial charge >= 0.3 is 0 Å². The van der Waals surface area contributed by atoms with E-state index < -0.39 is 10.0 Å². The van der Waals surface area contributed by atoms with E-state index in [0.717, 1.165) is 31.2 Å². The van der Waals surface area contributed by atoms with Gasteiger partial charge in [0.1, 0.15) is 0 Å². The van der Waals surface area contributed by atoms with Gasteiger partial charge in [-0.1, -0.05) is 25.0 Å². The maximum absolute atomic E-state index is 12.7. The van der Waals surface area contributed by atoms with Crippen LogP contribution in [0, 0.1) is 0 Å². The molecule has 0 bridgehead atoms. The number of hydrogen-bond donors (Lipinski definition) is 1. The highest BCUT2D eigenvalue weighted by Crippen LogP contribution is 2.20. The molecule has 2 rings (SSSR count). The van der Waals surface area contributed by atoms with Crippen LogP contribution >= 0.6 is 0 Å². The average molecular weight is 351 g/mol. The first-order valence-corrected chi connectivity index (χ1v) is 9.60. The van der Waals surface area contributed by atoms with Crippen LogP contribution in [0.3, 0.4) is 0 Å². The summed E-state index contributed by atoms with van der Waals surface area (Å²) < 4.78 is 26.9. The standard InChI is InChI=1S/C17H25N3O3S/c1-19(2)18-17(21)12-9-15-7-10-16(11-8-15)24(22,23)20-13-5-3-4-6-14-20/h7-12H,3-6,13-14H2,1-2H3,(H,18,21)/b12-9+. The first kappa shape index (κ1) is 18.6. The van der Waals surface area contributed by atoms with Crippen molar-refractivity contribution in [2.75, 3.05) is 27.2 Å². The molecule has 1 aliphatic rings. The predicted molar refractivity (Wildman–Crippen MR) is 94.5 cm³/mol. The number of hydrazine groups is 1. The van der Waals surface area contributed by atoms with Gasteiger partial charge in [0.15, 0.2) is 0 Å². The Balaban J connectivity index is 2.08. The van der Waals surface area contributed by atoms with Crippen LogP contribution in [0.25, 0.3) is 6.08 Å². The van der Waals surface area contributed by atoms with Crippen molar-refractivity contribution < 1.29 is 13.2 Å². The number of rotatable bonds is 5. The number of amides is 1. The van der Waals surface area contributed by atoms with Gasteiger partial charge in [0, 0.05) is 33.3 Å². The molecule has 0 saturated carbocycles. The van der Waals surface area contributed by atoms with E-state index in [2.05, 4.69) is 5.43 Å². The molecule has 1 fully saturated rings. The van der Waals surface area contributed by atoms with E-state index in [1.807, 2.05) is 0 Å². The maximum atomic E-state index is 12.7. The summed E-state index contributed by atoms with van der Waals surface area (Å²) in [5.74, 6) is -0.235. The molecule has 0 unspecified atom stereocenters. The lowest BCUT2D eigenvalue weighted by atomic mass is 10.2. The normalized spacial score (nSPS) is 17.1. The molecule has 7 heteroatoms. The Hall–Kier alpha value is -1.70. The minimum Gasteiger partial charge on any atom is -0.286 e. The van der Waals surface area contributed by atoms with E-state index in [1.165, 1.54) is 6.08 Å². The molecule has 1 heterocycles. The Labute approximate surface area is 144 Å². The Morgan fingerprint density at radius 1 is 1.08 bits per heavy atom. The molecule has 132 valence electrons. The van der Waals surface area contributed by atoms with Gasteiger partial charge in [0.2, 0.25) is 10.0 Å². The molecular weight excluding hydrogens is 326 g/mol. The lowest BCUT2D eigenvalue weighted by Gasteiger charge is -2.19. The van der Waals surface area contributed by atoms with Gasteiger partial charge < -0.3 is 0 Å². The van der Waals surface area contributed by atoms with Gasteiger partial charge in [0.25, 0.3) is 5.91 Å². The predicted octanol–water partition coefficient (Wildman–Crippen LogP) is 1.86. The molecule has 1 aromatic carbocycles. The fraction of sp³-hybridized carbons (Fsp3) is 0.471. The number of nitrogens with zero attached hydrogens (tertiary/aromatic N) is 2. The SMILES string of the molecule is CN(C)NC(=O)/C=C/c1ccc(S(=O)(=O)N2CCCCCC2)cc1. The topological polar surface area (TPSA) is 69.7 Å². The van der Waals surface area contributed by atoms with Crippen molar-refractivity contribution in [3.63, 3.8) is 0 Å². The first-order chi connectivity index (χ1) is 11.4. The Bertz CT molecular complexity index is 674. The van der Waals surface area contributed by atoms with Crippen LogP contribution in [0.5, 0.6) is 0 Å². The summed E-state index contributed by atoms with van der Waals surface area (Å²) in [6.07, 6.45) is 7.08. The van der Waals surface area contributed by atoms with Crippen molar-refractivity contribution in [2.24, 2.45) is 0 Å². The lowest BCUT2D eigenvalue weighted by Crippen LogP contribution is -2.34. The van der Waals surface area contributed by atoms with E-state index in [0.29, 0.717) is 18.0 Å². The van der Waals surface area contributed by atoms with E-state index in [4.69, 9.17) is 0 Å². The van der Waals surface area contributed by atoms with Gasteiger partial charge in [-0.2, -0.15) is 4.31 Å². The largest absolute Gasteiger partial charge is 0.286 e. The second-order valence-electron chi connectivity index (χ2n) is 6.09. The molecular formula is C17H25N3O3S. The Morgan fingerprint density at radius 3 is 2.21 bits per heavy atom. The summed E-state index contributed by atoms with van der Waals surface area (Å²) in [7, 11) is 0.0348. The van der Waals surface area contributed by atoms with E-state index in [-0.39, 0.29) is 5.91 Å². The number of benzene rings is 1. The number of hydrogen-bond acceptors (Lipinski definition) is 4. The molecule has 0 spiro atoms. The maximum Gasteiger partial charge on any atom is 0.258 e. The summed E-state index contributed by atoms with van der Waals surface area (Å²) in [5, 5.41) is 1.56. The molecule has 1 N–H and O–H groups in total. The monoisotopic (exact) mass is 351 g/mol. The molecule has 24 heavy (non-hydrogen) atoms. The van der Waals surface area contributed by atoms with Crippen LogP contribution in [-0.4, -0.2) is 50.8 Å². The molecule has 6 nitrogen and oxygen atoms in total. The zero-order valence-corrected chi connectivity index (χ0v) is 15.1. The van der Waals surface area contributed by atoms with Crippen molar-refractivity contribution in [3.8, 4) is 0 Å². The fourth-order valence-corrected chi connectivity index (χ4v) is 4.13. The molecule has 1 aromatic rings. The van der Waals surface area contributed by atoms with Crippen LogP contribution in [0.1, 0.15) is 31.2 Å². The first-order valence-electron chi connectivity index (χ1n) is 8.16. The van der Waals surface area contributed by atoms with Crippen LogP contribution < -0.4 is 5.43 Å². The van der Waals surface area contributed by atoms with Crippen LogP contribution in [0.15, 0.2) is 35.2 Å². The van der Waals surface area contributed by atoms with Gasteiger partial charge in [-0.05, 0) is 36.6 Å². The van der Waals surface area contributed by atoms with E-state index in [9.17, 15) is 13.2 Å². The number of carbonyl (C=O) groups is 1. The van der Waals surface area contributed by atoms with E-state index >= 15 is 0 Å². The van der Waals surface area contributed by atoms with E-state index in [1.54, 1.807) is 53.8 Å². The molecule has 0 aromatic heterocycles. The minimum atomic E-state index is -3.43. The third kappa shape index (κ3) is 5.15. The quantitative estimate of drug-likeness (QED) is 0.649. The van der Waals surface area contributed by atoms with Crippen LogP contribution in [0.4, 0.5) is 0 Å². The van der Waals surface area contributed by atoms with Gasteiger partial charge in [0.05, 0.1) is 4.90 Å². The van der Waals surface area contributed by atoms with Gasteiger partial charge in [-0.15, -0.1) is 0 Å². The van der Waals surface area contributed by atoms with Gasteiger partial charge in [-0.25, -0.2) is 13.4 Å². The van der Waals surface area contributed by atoms with Crippen molar-refractivity contribution >= 4 is 22.0 Å². The molecule has 1 aliphatic heterocycles. The molecule has 0 atom stereocenters. The highest BCUT2D eigenvalue weighted by Gasteiger charge is 2.24. The summed E-state index contributed by atoms with van der Waals surface area (Å²) in [6.45, 7) is 1.18. The summed E-state index contributed by atoms with van der Waals surface area (Å²) in [5.41, 5.74) is 3.38. The molecule has 1 amide bonds. The minimum absolute atomic E-state index is 0.235. The molecule has 0 aliphatic carbocycles. The smallest absolute Gasteiger partial charge is 0.258 e. The summed E-state index contributed by atoms with van der Waals surface area (Å²) >= 11 is 0. The number of carbonyl (C=O) groups excluding carboxylic acids is 1. The number of nitrogens with one attached hydrogen (secondary N) is 1. The van der Waals surface area contributed by atoms with Gasteiger partial charge in [-0.3, -0.25) is 10.2 Å². The fourth-order valence-electron chi connectivity index (χ4n) is 2.61. The zero-order valence-electron chi connectivity index (χ0n) is 14.2. The van der Waals surface area contributed by atoms with Crippen molar-refractivity contribution in [3.05, 3.63) is 35.9 Å². The Kier molecular flexibility index (Phi) is 6.53. The third-order valence-corrected chi connectivity index (χ3v) is 5.76.